The van der Waals surface area contributed by atoms with Crippen molar-refractivity contribution in [2.24, 2.45) is 0 Å². The van der Waals surface area contributed by atoms with Crippen LogP contribution in [0.2, 0.25) is 5.02 Å². The van der Waals surface area contributed by atoms with E-state index in [9.17, 15) is 23.3 Å². The smallest absolute Gasteiger partial charge is 0.344 e. The van der Waals surface area contributed by atoms with Crippen molar-refractivity contribution in [2.45, 2.75) is 11.1 Å². The number of hydrogen-bond acceptors (Lipinski definition) is 4. The summed E-state index contributed by atoms with van der Waals surface area (Å²) >= 11 is 14.5. The third-order valence-electron chi connectivity index (χ3n) is 2.75. The zero-order chi connectivity index (χ0) is 16.7. The highest BCUT2D eigenvalue weighted by atomic mass is 35.5. The largest absolute Gasteiger partial charge is 0.418 e. The highest BCUT2D eigenvalue weighted by Crippen LogP contribution is 2.41. The van der Waals surface area contributed by atoms with E-state index in [1.54, 1.807) is 0 Å². The van der Waals surface area contributed by atoms with Crippen LogP contribution < -0.4 is 0 Å². The predicted molar refractivity (Wildman–Crippen MR) is 81.0 cm³/mol. The number of thiol groups is 1. The van der Waals surface area contributed by atoms with E-state index >= 15 is 0 Å². The Bertz CT molecular complexity index is 821. The topological polar surface area (TPSA) is 58.9 Å². The Morgan fingerprint density at radius 1 is 1.32 bits per heavy atom. The van der Waals surface area contributed by atoms with E-state index in [4.69, 9.17) is 23.8 Å². The fraction of sp³-hybridized carbons (Fsp3) is 0.0833. The number of nitrogens with zero attached hydrogens (tertiary/aromatic N) is 1. The molecule has 2 aromatic rings. The summed E-state index contributed by atoms with van der Waals surface area (Å²) in [6.07, 6.45) is -4.76. The van der Waals surface area contributed by atoms with Gasteiger partial charge in [-0.2, -0.15) is 13.2 Å². The van der Waals surface area contributed by atoms with Gasteiger partial charge in [0.1, 0.15) is 4.64 Å². The maximum absolute atomic E-state index is 13.2. The first kappa shape index (κ1) is 16.8. The lowest BCUT2D eigenvalue weighted by molar-refractivity contribution is -0.384. The van der Waals surface area contributed by atoms with Crippen LogP contribution in [0.5, 0.6) is 0 Å². The summed E-state index contributed by atoms with van der Waals surface area (Å²) in [5, 5.41) is 10.8. The van der Waals surface area contributed by atoms with Gasteiger partial charge in [-0.1, -0.05) is 23.8 Å². The Morgan fingerprint density at radius 2 is 1.95 bits per heavy atom. The van der Waals surface area contributed by atoms with E-state index in [1.807, 2.05) is 0 Å². The van der Waals surface area contributed by atoms with Crippen molar-refractivity contribution in [3.05, 3.63) is 49.6 Å². The number of halogens is 4. The lowest BCUT2D eigenvalue weighted by Crippen LogP contribution is -2.09. The number of pyridine rings is 1. The lowest BCUT2D eigenvalue weighted by Gasteiger charge is -2.14. The summed E-state index contributed by atoms with van der Waals surface area (Å²) in [5.74, 6) is 0. The van der Waals surface area contributed by atoms with E-state index in [0.717, 1.165) is 12.1 Å². The number of nitro groups is 1. The van der Waals surface area contributed by atoms with Gasteiger partial charge >= 0.3 is 6.18 Å². The van der Waals surface area contributed by atoms with Crippen LogP contribution in [0, 0.1) is 14.8 Å². The molecule has 1 heterocycles. The molecule has 0 bridgehead atoms. The monoisotopic (exact) mass is 366 g/mol. The summed E-state index contributed by atoms with van der Waals surface area (Å²) in [7, 11) is 0. The Morgan fingerprint density at radius 3 is 2.50 bits per heavy atom. The van der Waals surface area contributed by atoms with E-state index in [-0.39, 0.29) is 20.1 Å². The van der Waals surface area contributed by atoms with Crippen LogP contribution in [0.25, 0.3) is 11.3 Å². The number of benzene rings is 1. The molecule has 1 aromatic heterocycles. The third kappa shape index (κ3) is 3.26. The van der Waals surface area contributed by atoms with Crippen LogP contribution in [0.1, 0.15) is 5.56 Å². The Kier molecular flexibility index (Phi) is 4.50. The standard InChI is InChI=1S/C12H6ClF3N2O2S2/c13-8-4-7(12(14,15)16)10(17-11(8)22)6-3-5(21)1-2-9(6)18(19)20/h1-4,21H,(H,17,22). The molecular formula is C12H6ClF3N2O2S2. The molecule has 0 saturated carbocycles. The molecule has 0 unspecified atom stereocenters. The van der Waals surface area contributed by atoms with E-state index < -0.39 is 28.0 Å². The second kappa shape index (κ2) is 5.90. The molecule has 0 fully saturated rings. The fourth-order valence-corrected chi connectivity index (χ4v) is 2.35. The molecule has 0 amide bonds. The second-order valence-corrected chi connectivity index (χ2v) is 5.52. The number of hydrogen-bond donors (Lipinski definition) is 2. The van der Waals surface area contributed by atoms with Crippen molar-refractivity contribution in [3.8, 4) is 11.3 Å². The highest BCUT2D eigenvalue weighted by molar-refractivity contribution is 7.80. The first-order valence-electron chi connectivity index (χ1n) is 5.59. The number of alkyl halides is 3. The molecule has 0 saturated heterocycles. The van der Waals surface area contributed by atoms with Gasteiger partial charge in [0.2, 0.25) is 0 Å². The number of aromatic nitrogens is 1. The average Bonchev–Trinajstić information content (AvgIpc) is 2.39. The fourth-order valence-electron chi connectivity index (χ4n) is 1.82. The number of aromatic amines is 1. The minimum absolute atomic E-state index is 0.150. The molecule has 0 atom stereocenters. The minimum atomic E-state index is -4.76. The number of nitro benzene ring substituents is 1. The summed E-state index contributed by atoms with van der Waals surface area (Å²) in [5.41, 5.74) is -2.44. The molecule has 0 aliphatic heterocycles. The first-order chi connectivity index (χ1) is 10.1. The molecule has 22 heavy (non-hydrogen) atoms. The molecule has 0 spiro atoms. The van der Waals surface area contributed by atoms with Crippen LogP contribution in [0.3, 0.4) is 0 Å². The van der Waals surface area contributed by atoms with Crippen molar-refractivity contribution in [1.82, 2.24) is 4.98 Å². The summed E-state index contributed by atoms with van der Waals surface area (Å²) < 4.78 is 39.4. The number of nitrogens with one attached hydrogen (secondary N) is 1. The van der Waals surface area contributed by atoms with Crippen LogP contribution in [-0.4, -0.2) is 9.91 Å². The van der Waals surface area contributed by atoms with Crippen molar-refractivity contribution in [2.75, 3.05) is 0 Å². The van der Waals surface area contributed by atoms with Crippen molar-refractivity contribution < 1.29 is 18.1 Å². The Hall–Kier alpha value is -1.58. The molecule has 1 N–H and O–H groups in total. The van der Waals surface area contributed by atoms with Gasteiger partial charge in [0.05, 0.1) is 26.8 Å². The molecule has 1 aromatic carbocycles. The highest BCUT2D eigenvalue weighted by Gasteiger charge is 2.36. The minimum Gasteiger partial charge on any atom is -0.344 e. The Balaban J connectivity index is 2.89. The maximum atomic E-state index is 13.2. The normalized spacial score (nSPS) is 11.5. The van der Waals surface area contributed by atoms with Crippen molar-refractivity contribution >= 4 is 42.1 Å². The molecule has 2 rings (SSSR count). The van der Waals surface area contributed by atoms with Gasteiger partial charge < -0.3 is 4.98 Å². The van der Waals surface area contributed by atoms with Crippen LogP contribution in [-0.2, 0) is 6.18 Å². The van der Waals surface area contributed by atoms with E-state index in [1.165, 1.54) is 6.07 Å². The summed E-state index contributed by atoms with van der Waals surface area (Å²) in [4.78, 5) is 12.8. The van der Waals surface area contributed by atoms with Gasteiger partial charge in [0.25, 0.3) is 5.69 Å². The quantitative estimate of drug-likeness (QED) is 0.329. The molecule has 0 radical (unpaired) electrons. The maximum Gasteiger partial charge on any atom is 0.418 e. The SMILES string of the molecule is O=[N+]([O-])c1ccc(S)cc1-c1[nH]c(=S)c(Cl)cc1C(F)(F)F. The lowest BCUT2D eigenvalue weighted by atomic mass is 10.0. The molecule has 4 nitrogen and oxygen atoms in total. The van der Waals surface area contributed by atoms with Crippen molar-refractivity contribution in [3.63, 3.8) is 0 Å². The first-order valence-corrected chi connectivity index (χ1v) is 6.82. The zero-order valence-corrected chi connectivity index (χ0v) is 12.9. The molecule has 0 aliphatic carbocycles. The zero-order valence-electron chi connectivity index (χ0n) is 10.4. The van der Waals surface area contributed by atoms with Crippen molar-refractivity contribution in [1.29, 1.82) is 0 Å². The van der Waals surface area contributed by atoms with Crippen LogP contribution in [0.4, 0.5) is 18.9 Å². The van der Waals surface area contributed by atoms with Gasteiger partial charge in [-0.05, 0) is 18.2 Å². The van der Waals surface area contributed by atoms with E-state index in [0.29, 0.717) is 6.07 Å². The van der Waals surface area contributed by atoms with E-state index in [2.05, 4.69) is 17.6 Å². The summed E-state index contributed by atoms with van der Waals surface area (Å²) in [6, 6.07) is 4.18. The summed E-state index contributed by atoms with van der Waals surface area (Å²) in [6.45, 7) is 0. The second-order valence-electron chi connectivity index (χ2n) is 4.19. The Labute approximate surface area is 137 Å². The number of H-pyrrole nitrogens is 1. The molecule has 116 valence electrons. The van der Waals surface area contributed by atoms with Gasteiger partial charge in [-0.3, -0.25) is 10.1 Å². The average molecular weight is 367 g/mol. The molecule has 0 aliphatic rings. The van der Waals surface area contributed by atoms with Gasteiger partial charge in [-0.15, -0.1) is 12.6 Å². The number of rotatable bonds is 2. The van der Waals surface area contributed by atoms with Gasteiger partial charge in [0.15, 0.2) is 0 Å². The third-order valence-corrected chi connectivity index (χ3v) is 3.76. The van der Waals surface area contributed by atoms with Crippen LogP contribution in [0.15, 0.2) is 29.2 Å². The van der Waals surface area contributed by atoms with Crippen LogP contribution >= 0.6 is 36.4 Å². The predicted octanol–water partition coefficient (Wildman–Crippen LogP) is 5.28. The molecular weight excluding hydrogens is 361 g/mol. The van der Waals surface area contributed by atoms with Gasteiger partial charge in [-0.25, -0.2) is 0 Å². The molecule has 10 heteroatoms. The van der Waals surface area contributed by atoms with Gasteiger partial charge in [0, 0.05) is 11.0 Å².